The molecule has 0 saturated heterocycles. The SMILES string of the molecule is COc1ccc(C(CC(C)C)=NO)cc1OC1CCCC1. The molecule has 1 aliphatic rings. The second kappa shape index (κ2) is 7.34. The van der Waals surface area contributed by atoms with Crippen molar-refractivity contribution in [1.82, 2.24) is 0 Å². The summed E-state index contributed by atoms with van der Waals surface area (Å²) in [6.45, 7) is 4.20. The van der Waals surface area contributed by atoms with E-state index in [1.165, 1.54) is 12.8 Å². The van der Waals surface area contributed by atoms with Crippen molar-refractivity contribution >= 4 is 5.71 Å². The predicted molar refractivity (Wildman–Crippen MR) is 83.7 cm³/mol. The van der Waals surface area contributed by atoms with Gasteiger partial charge in [0.1, 0.15) is 0 Å². The van der Waals surface area contributed by atoms with Crippen LogP contribution in [0.5, 0.6) is 11.5 Å². The number of ether oxygens (including phenoxy) is 2. The number of oxime groups is 1. The molecule has 21 heavy (non-hydrogen) atoms. The molecule has 0 bridgehead atoms. The van der Waals surface area contributed by atoms with Crippen LogP contribution in [0, 0.1) is 5.92 Å². The monoisotopic (exact) mass is 291 g/mol. The largest absolute Gasteiger partial charge is 0.493 e. The topological polar surface area (TPSA) is 51.0 Å². The molecule has 0 aliphatic heterocycles. The molecule has 1 aliphatic carbocycles. The lowest BCUT2D eigenvalue weighted by molar-refractivity contribution is 0.200. The second-order valence-corrected chi connectivity index (χ2v) is 6.03. The minimum atomic E-state index is 0.272. The molecule has 116 valence electrons. The highest BCUT2D eigenvalue weighted by Gasteiger charge is 2.19. The van der Waals surface area contributed by atoms with Crippen LogP contribution in [-0.4, -0.2) is 24.1 Å². The van der Waals surface area contributed by atoms with Crippen LogP contribution in [0.4, 0.5) is 0 Å². The average molecular weight is 291 g/mol. The van der Waals surface area contributed by atoms with Crippen molar-refractivity contribution in [3.05, 3.63) is 23.8 Å². The third-order valence-electron chi connectivity index (χ3n) is 3.81. The molecule has 1 aromatic carbocycles. The van der Waals surface area contributed by atoms with E-state index in [9.17, 15) is 5.21 Å². The third-order valence-corrected chi connectivity index (χ3v) is 3.81. The van der Waals surface area contributed by atoms with Crippen molar-refractivity contribution in [2.45, 2.75) is 52.1 Å². The lowest BCUT2D eigenvalue weighted by Crippen LogP contribution is -2.12. The van der Waals surface area contributed by atoms with E-state index in [1.54, 1.807) is 7.11 Å². The van der Waals surface area contributed by atoms with E-state index in [0.717, 1.165) is 36.3 Å². The van der Waals surface area contributed by atoms with Gasteiger partial charge in [-0.25, -0.2) is 0 Å². The molecule has 1 N–H and O–H groups in total. The van der Waals surface area contributed by atoms with Crippen molar-refractivity contribution in [3.63, 3.8) is 0 Å². The standard InChI is InChI=1S/C17H25NO3/c1-12(2)10-15(18-19)13-8-9-16(20-3)17(11-13)21-14-6-4-5-7-14/h8-9,11-12,14,19H,4-7,10H2,1-3H3. The van der Waals surface area contributed by atoms with Crippen LogP contribution in [0.25, 0.3) is 0 Å². The first-order valence-electron chi connectivity index (χ1n) is 7.70. The van der Waals surface area contributed by atoms with Crippen molar-refractivity contribution in [2.24, 2.45) is 11.1 Å². The van der Waals surface area contributed by atoms with E-state index in [2.05, 4.69) is 19.0 Å². The number of hydrogen-bond donors (Lipinski definition) is 1. The maximum absolute atomic E-state index is 9.25. The van der Waals surface area contributed by atoms with Crippen molar-refractivity contribution < 1.29 is 14.7 Å². The number of benzene rings is 1. The zero-order valence-electron chi connectivity index (χ0n) is 13.1. The van der Waals surface area contributed by atoms with Crippen LogP contribution in [0.2, 0.25) is 0 Å². The zero-order chi connectivity index (χ0) is 15.2. The average Bonchev–Trinajstić information content (AvgIpc) is 2.97. The molecule has 1 saturated carbocycles. The lowest BCUT2D eigenvalue weighted by atomic mass is 10.00. The van der Waals surface area contributed by atoms with Crippen molar-refractivity contribution in [2.75, 3.05) is 7.11 Å². The Morgan fingerprint density at radius 2 is 2.00 bits per heavy atom. The van der Waals surface area contributed by atoms with Gasteiger partial charge in [-0.1, -0.05) is 19.0 Å². The third kappa shape index (κ3) is 4.13. The normalized spacial score (nSPS) is 16.5. The second-order valence-electron chi connectivity index (χ2n) is 6.03. The molecule has 0 unspecified atom stereocenters. The van der Waals surface area contributed by atoms with Gasteiger partial charge in [0.25, 0.3) is 0 Å². The van der Waals surface area contributed by atoms with Gasteiger partial charge in [0.2, 0.25) is 0 Å². The molecule has 0 heterocycles. The first-order valence-corrected chi connectivity index (χ1v) is 7.70. The van der Waals surface area contributed by atoms with Gasteiger partial charge in [-0.15, -0.1) is 0 Å². The summed E-state index contributed by atoms with van der Waals surface area (Å²) in [5, 5.41) is 12.7. The quantitative estimate of drug-likeness (QED) is 0.484. The van der Waals surface area contributed by atoms with Crippen molar-refractivity contribution in [1.29, 1.82) is 0 Å². The van der Waals surface area contributed by atoms with Gasteiger partial charge in [0.05, 0.1) is 18.9 Å². The fourth-order valence-corrected chi connectivity index (χ4v) is 2.74. The van der Waals surface area contributed by atoms with Gasteiger partial charge in [-0.2, -0.15) is 0 Å². The van der Waals surface area contributed by atoms with E-state index < -0.39 is 0 Å². The number of hydrogen-bond acceptors (Lipinski definition) is 4. The van der Waals surface area contributed by atoms with Crippen molar-refractivity contribution in [3.8, 4) is 11.5 Å². The smallest absolute Gasteiger partial charge is 0.162 e. The maximum atomic E-state index is 9.25. The summed E-state index contributed by atoms with van der Waals surface area (Å²) in [5.41, 5.74) is 1.57. The molecule has 0 atom stereocenters. The summed E-state index contributed by atoms with van der Waals surface area (Å²) in [7, 11) is 1.64. The number of nitrogens with zero attached hydrogens (tertiary/aromatic N) is 1. The molecular weight excluding hydrogens is 266 g/mol. The minimum Gasteiger partial charge on any atom is -0.493 e. The highest BCUT2D eigenvalue weighted by Crippen LogP contribution is 2.33. The van der Waals surface area contributed by atoms with Crippen LogP contribution in [0.15, 0.2) is 23.4 Å². The number of methoxy groups -OCH3 is 1. The highest BCUT2D eigenvalue weighted by atomic mass is 16.5. The molecular formula is C17H25NO3. The maximum Gasteiger partial charge on any atom is 0.162 e. The van der Waals surface area contributed by atoms with Gasteiger partial charge in [0.15, 0.2) is 11.5 Å². The van der Waals surface area contributed by atoms with Crippen LogP contribution in [-0.2, 0) is 0 Å². The van der Waals surface area contributed by atoms with E-state index in [1.807, 2.05) is 18.2 Å². The van der Waals surface area contributed by atoms with Gasteiger partial charge in [-0.3, -0.25) is 0 Å². The molecule has 0 spiro atoms. The van der Waals surface area contributed by atoms with E-state index in [-0.39, 0.29) is 6.10 Å². The summed E-state index contributed by atoms with van der Waals surface area (Å²) in [6, 6.07) is 5.72. The Morgan fingerprint density at radius 1 is 1.29 bits per heavy atom. The molecule has 1 aromatic rings. The molecule has 4 heteroatoms. The Kier molecular flexibility index (Phi) is 5.48. The molecule has 0 amide bonds. The lowest BCUT2D eigenvalue weighted by Gasteiger charge is -2.17. The van der Waals surface area contributed by atoms with Gasteiger partial charge in [0, 0.05) is 5.56 Å². The van der Waals surface area contributed by atoms with Crippen LogP contribution in [0.1, 0.15) is 51.5 Å². The molecule has 1 fully saturated rings. The zero-order valence-corrected chi connectivity index (χ0v) is 13.1. The highest BCUT2D eigenvalue weighted by molar-refractivity contribution is 6.00. The fraction of sp³-hybridized carbons (Fsp3) is 0.588. The van der Waals surface area contributed by atoms with E-state index in [4.69, 9.17) is 9.47 Å². The van der Waals surface area contributed by atoms with Crippen LogP contribution < -0.4 is 9.47 Å². The van der Waals surface area contributed by atoms with E-state index in [0.29, 0.717) is 11.6 Å². The molecule has 0 aromatic heterocycles. The Labute approximate surface area is 126 Å². The summed E-state index contributed by atoms with van der Waals surface area (Å²) in [6.07, 6.45) is 5.65. The van der Waals surface area contributed by atoms with Gasteiger partial charge >= 0.3 is 0 Å². The summed E-state index contributed by atoms with van der Waals surface area (Å²) < 4.78 is 11.5. The van der Waals surface area contributed by atoms with Gasteiger partial charge < -0.3 is 14.7 Å². The van der Waals surface area contributed by atoms with E-state index >= 15 is 0 Å². The van der Waals surface area contributed by atoms with Crippen LogP contribution >= 0.6 is 0 Å². The predicted octanol–water partition coefficient (Wildman–Crippen LogP) is 4.24. The summed E-state index contributed by atoms with van der Waals surface area (Å²) >= 11 is 0. The Hall–Kier alpha value is -1.71. The first kappa shape index (κ1) is 15.7. The molecule has 0 radical (unpaired) electrons. The fourth-order valence-electron chi connectivity index (χ4n) is 2.74. The summed E-state index contributed by atoms with van der Waals surface area (Å²) in [4.78, 5) is 0. The number of rotatable bonds is 6. The summed E-state index contributed by atoms with van der Waals surface area (Å²) in [5.74, 6) is 1.90. The molecule has 2 rings (SSSR count). The van der Waals surface area contributed by atoms with Crippen LogP contribution in [0.3, 0.4) is 0 Å². The Morgan fingerprint density at radius 3 is 2.57 bits per heavy atom. The first-order chi connectivity index (χ1) is 10.1. The Bertz CT molecular complexity index is 491. The Balaban J connectivity index is 2.23. The van der Waals surface area contributed by atoms with Gasteiger partial charge in [-0.05, 0) is 56.2 Å². The minimum absolute atomic E-state index is 0.272. The molecule has 4 nitrogen and oxygen atoms in total.